The molecule has 1 heterocycles. The van der Waals surface area contributed by atoms with Crippen LogP contribution in [0.3, 0.4) is 0 Å². The first-order valence-corrected chi connectivity index (χ1v) is 15.7. The summed E-state index contributed by atoms with van der Waals surface area (Å²) in [7, 11) is 0. The first-order chi connectivity index (χ1) is 41.4. The lowest BCUT2D eigenvalue weighted by Crippen LogP contribution is -2.10. The number of nitrogens with zero attached hydrogens (tertiary/aromatic N) is 2. The molecule has 0 unspecified atom stereocenters. The van der Waals surface area contributed by atoms with Crippen LogP contribution in [0.5, 0.6) is 0 Å². The van der Waals surface area contributed by atoms with Crippen LogP contribution in [0.2, 0.25) is 0 Å². The zero-order valence-corrected chi connectivity index (χ0v) is 27.0. The molecule has 0 saturated heterocycles. The maximum atomic E-state index is 9.85. The third-order valence-corrected chi connectivity index (χ3v) is 8.01. The predicted octanol–water partition coefficient (Wildman–Crippen LogP) is 14.4. The quantitative estimate of drug-likeness (QED) is 0.159. The average molecular weight is 724 g/mol. The van der Waals surface area contributed by atoms with Crippen LogP contribution in [-0.4, -0.2) is 4.57 Å². The molecule has 9 aromatic carbocycles. The molecule has 0 aliphatic carbocycles. The summed E-state index contributed by atoms with van der Waals surface area (Å²) in [4.78, 5) is 0.267. The minimum atomic E-state index is -1.33. The fourth-order valence-electron chi connectivity index (χ4n) is 5.64. The summed E-state index contributed by atoms with van der Waals surface area (Å²) in [6.45, 7) is 0. The summed E-state index contributed by atoms with van der Waals surface area (Å²) in [5.74, 6) is 0. The largest absolute Gasteiger partial charge is 0.310 e. The highest BCUT2D eigenvalue weighted by Gasteiger charge is 2.17. The fourth-order valence-corrected chi connectivity index (χ4v) is 5.64. The second kappa shape index (κ2) is 13.4. The van der Waals surface area contributed by atoms with Gasteiger partial charge in [0.1, 0.15) is 0 Å². The average Bonchev–Trinajstić information content (AvgIpc) is 1.65. The van der Waals surface area contributed by atoms with Crippen LogP contribution in [0.15, 0.2) is 218 Å². The van der Waals surface area contributed by atoms with E-state index in [0.29, 0.717) is 0 Å². The molecule has 0 spiro atoms. The Morgan fingerprint density at radius 1 is 0.333 bits per heavy atom. The minimum absolute atomic E-state index is 0.267. The molecule has 0 amide bonds. The molecule has 1 aromatic heterocycles. The third kappa shape index (κ3) is 5.62. The molecule has 0 aliphatic rings. The molecule has 0 atom stereocenters. The van der Waals surface area contributed by atoms with Gasteiger partial charge >= 0.3 is 0 Å². The van der Waals surface area contributed by atoms with Crippen molar-refractivity contribution in [3.8, 4) is 39.1 Å². The molecule has 10 rings (SSSR count). The Hall–Kier alpha value is -7.16. The van der Waals surface area contributed by atoms with Crippen molar-refractivity contribution in [2.24, 2.45) is 0 Å². The van der Waals surface area contributed by atoms with Gasteiger partial charge in [-0.25, -0.2) is 0 Å². The number of fused-ring (bicyclic) bond motifs is 4. The van der Waals surface area contributed by atoms with Gasteiger partial charge in [-0.2, -0.15) is 0 Å². The van der Waals surface area contributed by atoms with E-state index in [-0.39, 0.29) is 4.90 Å². The van der Waals surface area contributed by atoms with Gasteiger partial charge in [0.25, 0.3) is 0 Å². The molecule has 0 bridgehead atoms. The summed E-state index contributed by atoms with van der Waals surface area (Å²) < 4.78 is 315. The van der Waals surface area contributed by atoms with E-state index in [9.17, 15) is 20.6 Å². The number of aromatic nitrogens is 1. The van der Waals surface area contributed by atoms with Crippen molar-refractivity contribution >= 4 is 49.6 Å². The smallest absolute Gasteiger partial charge is 0.0651 e. The lowest BCUT2D eigenvalue weighted by Gasteiger charge is -2.26. The van der Waals surface area contributed by atoms with Crippen molar-refractivity contribution in [2.45, 2.75) is 0 Å². The summed E-state index contributed by atoms with van der Waals surface area (Å²) in [5.41, 5.74) is -10.9. The lowest BCUT2D eigenvalue weighted by molar-refractivity contribution is 1.20. The number of para-hydroxylation sites is 1. The first-order valence-electron chi connectivity index (χ1n) is 33.2. The Kier molecular flexibility index (Phi) is 2.97. The predicted molar refractivity (Wildman–Crippen MR) is 229 cm³/mol. The van der Waals surface area contributed by atoms with E-state index in [4.69, 9.17) is 27.4 Å². The van der Waals surface area contributed by atoms with Crippen LogP contribution in [0.4, 0.5) is 17.1 Å². The molecule has 10 aromatic rings. The number of benzene rings is 9. The van der Waals surface area contributed by atoms with E-state index in [1.54, 1.807) is 0 Å². The molecule has 0 saturated carbocycles. The maximum Gasteiger partial charge on any atom is 0.0651 e. The van der Waals surface area contributed by atoms with Crippen molar-refractivity contribution in [2.75, 3.05) is 4.90 Å². The van der Waals surface area contributed by atoms with Gasteiger partial charge in [-0.3, -0.25) is 0 Å². The van der Waals surface area contributed by atoms with Gasteiger partial charge in [-0.05, 0) is 99.2 Å². The number of hydrogen-bond acceptors (Lipinski definition) is 1. The van der Waals surface area contributed by atoms with Crippen LogP contribution >= 0.6 is 0 Å². The van der Waals surface area contributed by atoms with E-state index in [1.807, 2.05) is 0 Å². The second-order valence-corrected chi connectivity index (χ2v) is 11.1. The van der Waals surface area contributed by atoms with Crippen LogP contribution in [0.1, 0.15) is 48.0 Å². The zero-order chi connectivity index (χ0) is 66.3. The number of rotatable bonds is 7. The van der Waals surface area contributed by atoms with Crippen LogP contribution in [0.25, 0.3) is 71.6 Å². The monoisotopic (exact) mass is 724 g/mol. The second-order valence-electron chi connectivity index (χ2n) is 11.1. The van der Waals surface area contributed by atoms with E-state index in [2.05, 4.69) is 0 Å². The Morgan fingerprint density at radius 3 is 1.57 bits per heavy atom. The Labute approximate surface area is 364 Å². The van der Waals surface area contributed by atoms with Crippen molar-refractivity contribution < 1.29 is 48.0 Å². The van der Waals surface area contributed by atoms with Gasteiger partial charge in [0, 0.05) is 33.2 Å². The van der Waals surface area contributed by atoms with E-state index < -0.39 is 300 Å². The Balaban J connectivity index is 1.37. The van der Waals surface area contributed by atoms with Crippen molar-refractivity contribution in [1.29, 1.82) is 0 Å². The Bertz CT molecular complexity index is 4850. The van der Waals surface area contributed by atoms with Crippen molar-refractivity contribution in [3.05, 3.63) is 218 Å². The van der Waals surface area contributed by atoms with Gasteiger partial charge in [0.15, 0.2) is 0 Å². The lowest BCUT2D eigenvalue weighted by atomic mass is 10.0. The molecule has 0 N–H and O–H groups in total. The van der Waals surface area contributed by atoms with Crippen LogP contribution in [0, 0.1) is 0 Å². The minimum Gasteiger partial charge on any atom is -0.310 e. The van der Waals surface area contributed by atoms with E-state index in [1.165, 1.54) is 0 Å². The van der Waals surface area contributed by atoms with Gasteiger partial charge < -0.3 is 9.47 Å². The molecule has 0 radical (unpaired) electrons. The van der Waals surface area contributed by atoms with Gasteiger partial charge in [-0.1, -0.05) is 157 Å². The van der Waals surface area contributed by atoms with Gasteiger partial charge in [-0.15, -0.1) is 0 Å². The van der Waals surface area contributed by atoms with Crippen LogP contribution in [-0.2, 0) is 0 Å². The summed E-state index contributed by atoms with van der Waals surface area (Å²) in [6.07, 6.45) is 0. The van der Waals surface area contributed by atoms with Gasteiger partial charge in [0.2, 0.25) is 0 Å². The molecule has 0 aliphatic heterocycles. The summed E-state index contributed by atoms with van der Waals surface area (Å²) in [5, 5.41) is -2.47. The summed E-state index contributed by atoms with van der Waals surface area (Å²) in [6, 6.07) is -36.0. The molecule has 2 nitrogen and oxygen atoms in total. The molecular weight excluding hydrogens is 653 g/mol. The molecule has 254 valence electrons. The highest BCUT2D eigenvalue weighted by Crippen LogP contribution is 2.40. The highest BCUT2D eigenvalue weighted by molar-refractivity contribution is 6.11. The van der Waals surface area contributed by atoms with E-state index >= 15 is 0 Å². The summed E-state index contributed by atoms with van der Waals surface area (Å²) >= 11 is 0. The third-order valence-electron chi connectivity index (χ3n) is 8.01. The highest BCUT2D eigenvalue weighted by atomic mass is 15.1. The normalized spacial score (nSPS) is 20.4. The zero-order valence-electron chi connectivity index (χ0n) is 62.0. The van der Waals surface area contributed by atoms with Gasteiger partial charge in [0.05, 0.1) is 64.7 Å². The molecule has 0 fully saturated rings. The number of hydrogen-bond donors (Lipinski definition) is 0. The maximum absolute atomic E-state index is 9.85. The first kappa shape index (κ1) is 11.9. The molecule has 2 heteroatoms. The molecule has 54 heavy (non-hydrogen) atoms. The van der Waals surface area contributed by atoms with E-state index in [0.717, 1.165) is 10.6 Å². The van der Waals surface area contributed by atoms with Crippen LogP contribution < -0.4 is 4.90 Å². The SMILES string of the molecule is [2H]c1c([2H])c([2H])c(-c2c([2H])c([2H])c(N(c3c([2H])c([2H])c(-c4cc([2H])c5c(c4[2H])c4c([2H])c([2H])c([2H])c([2H])c4n5-c4c([2H])c([2H])c([2H])c5c([2H])c([2H])c([2H])c([2H])c45)c([2H])c3[2H])c3c([2H])c([2H])c([2H])c(-c4c([2H])c([2H])c([2H])c([2H])c4[2H])c3[2H])c([2H])c2[2H])c([2H])c1[2H]. The molecular formula is C52H36N2. The fraction of sp³-hybridized carbons (Fsp3) is 0. The topological polar surface area (TPSA) is 8.17 Å². The Morgan fingerprint density at radius 2 is 0.852 bits per heavy atom. The van der Waals surface area contributed by atoms with Crippen molar-refractivity contribution in [1.82, 2.24) is 4.57 Å². The standard InChI is InChI=1S/C52H36N2/c1-3-13-37(14-4-1)39-25-30-44(31-26-39)53(46-20-11-19-42(35-46)38-15-5-2-6-16-38)45-32-27-40(28-33-45)43-29-34-52-49(36-43)48-22-9-10-23-51(48)54(52)50-24-12-18-41-17-7-8-21-47(41)50/h1-36H/i1D,2D,3D,4D,5D,6D,7D,8D,9D,10D,11D,12D,13D,14D,15D,16D,17D,18D,19D,20D,21D,22D,23D,24D,25D,26D,27D,28D,30D,31D,32D,33D,34D,35D,36D. The van der Waals surface area contributed by atoms with Crippen molar-refractivity contribution in [3.63, 3.8) is 0 Å². The number of anilines is 3.